The number of hydrogen-bond acceptors (Lipinski definition) is 3. The normalized spacial score (nSPS) is 18.5. The van der Waals surface area contributed by atoms with E-state index in [2.05, 4.69) is 38.1 Å². The Bertz CT molecular complexity index is 342. The average molecular weight is 252 g/mol. The van der Waals surface area contributed by atoms with Gasteiger partial charge in [-0.2, -0.15) is 0 Å². The first kappa shape index (κ1) is 12.9. The highest BCUT2D eigenvalue weighted by atomic mass is 32.2. The third-order valence-corrected chi connectivity index (χ3v) is 3.83. The van der Waals surface area contributed by atoms with Crippen LogP contribution in [0.4, 0.5) is 0 Å². The van der Waals surface area contributed by atoms with Gasteiger partial charge in [0, 0.05) is 16.9 Å². The molecule has 0 N–H and O–H groups in total. The lowest BCUT2D eigenvalue weighted by atomic mass is 10.0. The van der Waals surface area contributed by atoms with Crippen LogP contribution < -0.4 is 0 Å². The molecule has 3 heteroatoms. The first-order valence-electron chi connectivity index (χ1n) is 6.32. The number of rotatable bonds is 5. The topological polar surface area (TPSA) is 18.5 Å². The molecule has 1 aromatic rings. The number of thioether (sulfide) groups is 1. The van der Waals surface area contributed by atoms with Gasteiger partial charge in [-0.25, -0.2) is 0 Å². The highest BCUT2D eigenvalue weighted by Crippen LogP contribution is 2.36. The lowest BCUT2D eigenvalue weighted by Gasteiger charge is -2.27. The Kier molecular flexibility index (Phi) is 4.48. The molecule has 0 aromatic heterocycles. The maximum atomic E-state index is 5.84. The van der Waals surface area contributed by atoms with E-state index in [0.29, 0.717) is 13.2 Å². The Morgan fingerprint density at radius 1 is 1.12 bits per heavy atom. The summed E-state index contributed by atoms with van der Waals surface area (Å²) in [5.74, 6) is 0.622. The maximum absolute atomic E-state index is 5.84. The third kappa shape index (κ3) is 2.84. The molecule has 1 fully saturated rings. The first-order valence-corrected chi connectivity index (χ1v) is 7.30. The predicted octanol–water partition coefficient (Wildman–Crippen LogP) is 3.80. The summed E-state index contributed by atoms with van der Waals surface area (Å²) in [6.45, 7) is 5.73. The van der Waals surface area contributed by atoms with E-state index in [9.17, 15) is 0 Å². The van der Waals surface area contributed by atoms with Gasteiger partial charge in [-0.05, 0) is 17.9 Å². The van der Waals surface area contributed by atoms with E-state index in [1.54, 1.807) is 0 Å². The Morgan fingerprint density at radius 2 is 1.76 bits per heavy atom. The van der Waals surface area contributed by atoms with E-state index in [-0.39, 0.29) is 0 Å². The minimum atomic E-state index is -0.482. The molecule has 0 bridgehead atoms. The monoisotopic (exact) mass is 252 g/mol. The molecule has 1 aliphatic heterocycles. The summed E-state index contributed by atoms with van der Waals surface area (Å²) in [6.07, 6.45) is 1.98. The van der Waals surface area contributed by atoms with Crippen molar-refractivity contribution in [1.82, 2.24) is 0 Å². The Balaban J connectivity index is 2.18. The average Bonchev–Trinajstić information content (AvgIpc) is 2.81. The summed E-state index contributed by atoms with van der Waals surface area (Å²) >= 11 is 1.86. The van der Waals surface area contributed by atoms with Crippen LogP contribution in [0.3, 0.4) is 0 Å². The zero-order chi connectivity index (χ0) is 12.1. The molecular formula is C14H20O2S. The molecule has 1 aromatic carbocycles. The van der Waals surface area contributed by atoms with Crippen molar-refractivity contribution in [3.63, 3.8) is 0 Å². The molecule has 0 spiro atoms. The molecule has 1 saturated heterocycles. The molecule has 2 rings (SSSR count). The largest absolute Gasteiger partial charge is 0.343 e. The number of ether oxygens (including phenoxy) is 2. The lowest BCUT2D eigenvalue weighted by Crippen LogP contribution is -2.26. The summed E-state index contributed by atoms with van der Waals surface area (Å²) in [7, 11) is 0. The fourth-order valence-corrected chi connectivity index (χ4v) is 2.87. The van der Waals surface area contributed by atoms with Gasteiger partial charge in [0.15, 0.2) is 5.79 Å². The third-order valence-electron chi connectivity index (χ3n) is 2.94. The van der Waals surface area contributed by atoms with Crippen molar-refractivity contribution < 1.29 is 9.47 Å². The zero-order valence-electron chi connectivity index (χ0n) is 10.6. The van der Waals surface area contributed by atoms with Gasteiger partial charge in [-0.1, -0.05) is 32.4 Å². The summed E-state index contributed by atoms with van der Waals surface area (Å²) in [5.41, 5.74) is 1.15. The van der Waals surface area contributed by atoms with Crippen LogP contribution in [0.2, 0.25) is 0 Å². The lowest BCUT2D eigenvalue weighted by molar-refractivity contribution is -0.171. The van der Waals surface area contributed by atoms with Gasteiger partial charge in [0.2, 0.25) is 0 Å². The predicted molar refractivity (Wildman–Crippen MR) is 71.3 cm³/mol. The molecular weight excluding hydrogens is 232 g/mol. The molecule has 94 valence electrons. The van der Waals surface area contributed by atoms with Crippen LogP contribution in [0.1, 0.15) is 32.3 Å². The molecule has 0 unspecified atom stereocenters. The van der Waals surface area contributed by atoms with Crippen LogP contribution >= 0.6 is 11.8 Å². The standard InChI is InChI=1S/C14H20O2S/c1-3-9-14(15-10-11-16-14)12-5-7-13(8-6-12)17-4-2/h5-8H,3-4,9-11H2,1-2H3. The summed E-state index contributed by atoms with van der Waals surface area (Å²) in [5, 5.41) is 0. The van der Waals surface area contributed by atoms with E-state index in [1.165, 1.54) is 4.90 Å². The van der Waals surface area contributed by atoms with Crippen molar-refractivity contribution in [1.29, 1.82) is 0 Å². The molecule has 1 heterocycles. The van der Waals surface area contributed by atoms with Crippen LogP contribution in [0.15, 0.2) is 29.2 Å². The minimum absolute atomic E-state index is 0.482. The minimum Gasteiger partial charge on any atom is -0.343 e. The van der Waals surface area contributed by atoms with Crippen LogP contribution in [0.25, 0.3) is 0 Å². The molecule has 2 nitrogen and oxygen atoms in total. The van der Waals surface area contributed by atoms with E-state index in [0.717, 1.165) is 24.2 Å². The van der Waals surface area contributed by atoms with Crippen molar-refractivity contribution >= 4 is 11.8 Å². The Hall–Kier alpha value is -0.510. The number of benzene rings is 1. The smallest absolute Gasteiger partial charge is 0.194 e. The van der Waals surface area contributed by atoms with Gasteiger partial charge in [0.1, 0.15) is 0 Å². The van der Waals surface area contributed by atoms with Crippen LogP contribution in [-0.2, 0) is 15.3 Å². The molecule has 0 atom stereocenters. The summed E-state index contributed by atoms with van der Waals surface area (Å²) in [6, 6.07) is 8.59. The first-order chi connectivity index (χ1) is 8.30. The van der Waals surface area contributed by atoms with Crippen LogP contribution in [0.5, 0.6) is 0 Å². The second-order valence-electron chi connectivity index (χ2n) is 4.16. The highest BCUT2D eigenvalue weighted by molar-refractivity contribution is 7.99. The second kappa shape index (κ2) is 5.89. The van der Waals surface area contributed by atoms with Gasteiger partial charge in [-0.15, -0.1) is 11.8 Å². The molecule has 0 radical (unpaired) electrons. The van der Waals surface area contributed by atoms with Crippen molar-refractivity contribution in [2.45, 2.75) is 37.4 Å². The quantitative estimate of drug-likeness (QED) is 0.743. The Labute approximate surface area is 108 Å². The fraction of sp³-hybridized carbons (Fsp3) is 0.571. The zero-order valence-corrected chi connectivity index (χ0v) is 11.4. The van der Waals surface area contributed by atoms with Gasteiger partial charge in [0.05, 0.1) is 13.2 Å². The van der Waals surface area contributed by atoms with Gasteiger partial charge >= 0.3 is 0 Å². The SMILES string of the molecule is CCCC1(c2ccc(SCC)cc2)OCCO1. The van der Waals surface area contributed by atoms with E-state index in [1.807, 2.05) is 11.8 Å². The van der Waals surface area contributed by atoms with Gasteiger partial charge in [-0.3, -0.25) is 0 Å². The summed E-state index contributed by atoms with van der Waals surface area (Å²) < 4.78 is 11.7. The maximum Gasteiger partial charge on any atom is 0.194 e. The molecule has 0 saturated carbocycles. The molecule has 0 aliphatic carbocycles. The molecule has 17 heavy (non-hydrogen) atoms. The summed E-state index contributed by atoms with van der Waals surface area (Å²) in [4.78, 5) is 1.31. The van der Waals surface area contributed by atoms with Crippen molar-refractivity contribution in [2.75, 3.05) is 19.0 Å². The van der Waals surface area contributed by atoms with Gasteiger partial charge in [0.25, 0.3) is 0 Å². The van der Waals surface area contributed by atoms with Crippen LogP contribution in [-0.4, -0.2) is 19.0 Å². The number of hydrogen-bond donors (Lipinski definition) is 0. The second-order valence-corrected chi connectivity index (χ2v) is 5.49. The fourth-order valence-electron chi connectivity index (χ4n) is 2.21. The molecule has 1 aliphatic rings. The molecule has 0 amide bonds. The van der Waals surface area contributed by atoms with Gasteiger partial charge < -0.3 is 9.47 Å². The van der Waals surface area contributed by atoms with E-state index < -0.39 is 5.79 Å². The van der Waals surface area contributed by atoms with E-state index >= 15 is 0 Å². The highest BCUT2D eigenvalue weighted by Gasteiger charge is 2.37. The Morgan fingerprint density at radius 3 is 2.29 bits per heavy atom. The van der Waals surface area contributed by atoms with E-state index in [4.69, 9.17) is 9.47 Å². The van der Waals surface area contributed by atoms with Crippen molar-refractivity contribution in [3.8, 4) is 0 Å². The van der Waals surface area contributed by atoms with Crippen molar-refractivity contribution in [3.05, 3.63) is 29.8 Å². The van der Waals surface area contributed by atoms with Crippen LogP contribution in [0, 0.1) is 0 Å². The van der Waals surface area contributed by atoms with Crippen molar-refractivity contribution in [2.24, 2.45) is 0 Å².